The molecule has 140 valence electrons. The lowest BCUT2D eigenvalue weighted by Crippen LogP contribution is -2.27. The number of hydrogen-bond donors (Lipinski definition) is 3. The van der Waals surface area contributed by atoms with Crippen LogP contribution in [0, 0.1) is 11.3 Å². The van der Waals surface area contributed by atoms with Crippen LogP contribution in [0.5, 0.6) is 11.5 Å². The number of nitrogens with zero attached hydrogens (tertiary/aromatic N) is 2. The Labute approximate surface area is 165 Å². The van der Waals surface area contributed by atoms with Crippen LogP contribution >= 0.6 is 24.4 Å². The quantitative estimate of drug-likeness (QED) is 0.659. The number of nitriles is 1. The fourth-order valence-corrected chi connectivity index (χ4v) is 2.63. The lowest BCUT2D eigenvalue weighted by atomic mass is 10.1. The SMILES string of the molecule is COc1cc(OC)c(NC(=O)N(S)c2ccc(C(N)=O)c(C#N)c2)cc1Cl. The molecule has 0 aromatic heterocycles. The summed E-state index contributed by atoms with van der Waals surface area (Å²) in [5.74, 6) is -0.0334. The summed E-state index contributed by atoms with van der Waals surface area (Å²) < 4.78 is 11.3. The van der Waals surface area contributed by atoms with Gasteiger partial charge in [-0.15, -0.1) is 0 Å². The second-order valence-corrected chi connectivity index (χ2v) is 5.94. The van der Waals surface area contributed by atoms with E-state index in [-0.39, 0.29) is 21.8 Å². The number of thiol groups is 1. The number of urea groups is 1. The van der Waals surface area contributed by atoms with E-state index in [1.54, 1.807) is 0 Å². The van der Waals surface area contributed by atoms with E-state index < -0.39 is 11.9 Å². The molecule has 0 aliphatic carbocycles. The van der Waals surface area contributed by atoms with Crippen LogP contribution in [0.4, 0.5) is 16.2 Å². The van der Waals surface area contributed by atoms with Gasteiger partial charge in [0.05, 0.1) is 41.7 Å². The van der Waals surface area contributed by atoms with Gasteiger partial charge in [-0.3, -0.25) is 4.79 Å². The van der Waals surface area contributed by atoms with Crippen molar-refractivity contribution in [1.29, 1.82) is 5.26 Å². The molecule has 10 heteroatoms. The van der Waals surface area contributed by atoms with Crippen molar-refractivity contribution < 1.29 is 19.1 Å². The highest BCUT2D eigenvalue weighted by Crippen LogP contribution is 2.36. The highest BCUT2D eigenvalue weighted by molar-refractivity contribution is 7.82. The highest BCUT2D eigenvalue weighted by Gasteiger charge is 2.18. The monoisotopic (exact) mass is 406 g/mol. The van der Waals surface area contributed by atoms with Gasteiger partial charge in [0.15, 0.2) is 0 Å². The van der Waals surface area contributed by atoms with E-state index in [1.807, 2.05) is 6.07 Å². The molecule has 0 radical (unpaired) electrons. The maximum absolute atomic E-state index is 12.5. The molecule has 0 aliphatic heterocycles. The van der Waals surface area contributed by atoms with Crippen molar-refractivity contribution in [2.45, 2.75) is 0 Å². The van der Waals surface area contributed by atoms with Gasteiger partial charge in [-0.2, -0.15) is 5.26 Å². The third-order valence-electron chi connectivity index (χ3n) is 3.54. The van der Waals surface area contributed by atoms with Gasteiger partial charge in [-0.1, -0.05) is 24.4 Å². The van der Waals surface area contributed by atoms with E-state index in [1.165, 1.54) is 44.6 Å². The average molecular weight is 407 g/mol. The Morgan fingerprint density at radius 3 is 2.44 bits per heavy atom. The van der Waals surface area contributed by atoms with E-state index in [0.29, 0.717) is 17.2 Å². The van der Waals surface area contributed by atoms with E-state index in [0.717, 1.165) is 4.31 Å². The smallest absolute Gasteiger partial charge is 0.336 e. The Hall–Kier alpha value is -3.09. The molecular formula is C17H15ClN4O4S. The molecule has 0 fully saturated rings. The number of primary amides is 1. The molecule has 0 atom stereocenters. The molecule has 2 rings (SSSR count). The summed E-state index contributed by atoms with van der Waals surface area (Å²) in [5, 5.41) is 12.0. The van der Waals surface area contributed by atoms with Gasteiger partial charge in [0.2, 0.25) is 5.91 Å². The maximum Gasteiger partial charge on any atom is 0.336 e. The topological polar surface area (TPSA) is 118 Å². The van der Waals surface area contributed by atoms with Crippen LogP contribution in [0.15, 0.2) is 30.3 Å². The summed E-state index contributed by atoms with van der Waals surface area (Å²) in [6.07, 6.45) is 0. The fourth-order valence-electron chi connectivity index (χ4n) is 2.21. The second-order valence-electron chi connectivity index (χ2n) is 5.13. The minimum absolute atomic E-state index is 0.0249. The standard InChI is InChI=1S/C17H15ClN4O4S/c1-25-14-7-15(26-2)13(6-12(14)18)21-17(24)22(27)10-3-4-11(16(20)23)9(5-10)8-19/h3-7,27H,1-2H3,(H2,20,23)(H,21,24). The summed E-state index contributed by atoms with van der Waals surface area (Å²) in [6.45, 7) is 0. The Kier molecular flexibility index (Phi) is 6.39. The lowest BCUT2D eigenvalue weighted by molar-refractivity contribution is 0.1000. The van der Waals surface area contributed by atoms with E-state index >= 15 is 0 Å². The molecule has 0 spiro atoms. The first-order chi connectivity index (χ1) is 12.8. The van der Waals surface area contributed by atoms with Gasteiger partial charge < -0.3 is 20.5 Å². The zero-order chi connectivity index (χ0) is 20.1. The minimum Gasteiger partial charge on any atom is -0.495 e. The Morgan fingerprint density at radius 2 is 1.89 bits per heavy atom. The molecule has 0 bridgehead atoms. The third-order valence-corrected chi connectivity index (χ3v) is 4.25. The van der Waals surface area contributed by atoms with Crippen LogP contribution < -0.4 is 24.8 Å². The molecule has 0 unspecified atom stereocenters. The molecule has 27 heavy (non-hydrogen) atoms. The predicted molar refractivity (Wildman–Crippen MR) is 105 cm³/mol. The summed E-state index contributed by atoms with van der Waals surface area (Å²) in [6, 6.07) is 8.31. The van der Waals surface area contributed by atoms with Crippen LogP contribution in [0.1, 0.15) is 15.9 Å². The number of methoxy groups -OCH3 is 2. The van der Waals surface area contributed by atoms with Crippen molar-refractivity contribution in [3.05, 3.63) is 46.5 Å². The van der Waals surface area contributed by atoms with Crippen LogP contribution in [-0.4, -0.2) is 26.2 Å². The number of carbonyl (C=O) groups excluding carboxylic acids is 2. The number of rotatable bonds is 5. The lowest BCUT2D eigenvalue weighted by Gasteiger charge is -2.19. The number of nitrogens with one attached hydrogen (secondary N) is 1. The summed E-state index contributed by atoms with van der Waals surface area (Å²) >= 11 is 10.2. The van der Waals surface area contributed by atoms with Crippen molar-refractivity contribution in [3.63, 3.8) is 0 Å². The first-order valence-electron chi connectivity index (χ1n) is 7.37. The van der Waals surface area contributed by atoms with Crippen molar-refractivity contribution in [3.8, 4) is 17.6 Å². The summed E-state index contributed by atoms with van der Waals surface area (Å²) in [4.78, 5) is 23.8. The highest BCUT2D eigenvalue weighted by atomic mass is 35.5. The third kappa shape index (κ3) is 4.36. The number of nitrogens with two attached hydrogens (primary N) is 1. The summed E-state index contributed by atoms with van der Waals surface area (Å²) in [5.41, 5.74) is 5.84. The Balaban J connectivity index is 2.30. The number of halogens is 1. The van der Waals surface area contributed by atoms with Gasteiger partial charge in [0.25, 0.3) is 0 Å². The maximum atomic E-state index is 12.5. The van der Waals surface area contributed by atoms with E-state index in [2.05, 4.69) is 18.1 Å². The number of amides is 3. The number of hydrogen-bond acceptors (Lipinski definition) is 6. The van der Waals surface area contributed by atoms with Gasteiger partial charge in [0.1, 0.15) is 17.6 Å². The molecule has 2 aromatic rings. The fraction of sp³-hybridized carbons (Fsp3) is 0.118. The van der Waals surface area contributed by atoms with Gasteiger partial charge >= 0.3 is 6.03 Å². The molecule has 0 saturated carbocycles. The first-order valence-corrected chi connectivity index (χ1v) is 8.15. The van der Waals surface area contributed by atoms with Crippen molar-refractivity contribution in [2.24, 2.45) is 5.73 Å². The van der Waals surface area contributed by atoms with E-state index in [9.17, 15) is 9.59 Å². The predicted octanol–water partition coefficient (Wildman–Crippen LogP) is 3.21. The molecule has 8 nitrogen and oxygen atoms in total. The first kappa shape index (κ1) is 20.2. The number of benzene rings is 2. The molecule has 0 heterocycles. The van der Waals surface area contributed by atoms with Gasteiger partial charge in [-0.05, 0) is 24.3 Å². The van der Waals surface area contributed by atoms with Crippen molar-refractivity contribution in [2.75, 3.05) is 23.8 Å². The van der Waals surface area contributed by atoms with E-state index in [4.69, 9.17) is 32.1 Å². The van der Waals surface area contributed by atoms with Crippen LogP contribution in [0.3, 0.4) is 0 Å². The van der Waals surface area contributed by atoms with Crippen LogP contribution in [-0.2, 0) is 0 Å². The molecule has 0 saturated heterocycles. The average Bonchev–Trinajstić information content (AvgIpc) is 2.66. The minimum atomic E-state index is -0.745. The largest absolute Gasteiger partial charge is 0.495 e. The molecule has 2 aromatic carbocycles. The Bertz CT molecular complexity index is 945. The Morgan fingerprint density at radius 1 is 1.22 bits per heavy atom. The molecular weight excluding hydrogens is 392 g/mol. The number of ether oxygens (including phenoxy) is 2. The molecule has 3 amide bonds. The summed E-state index contributed by atoms with van der Waals surface area (Å²) in [7, 11) is 2.88. The van der Waals surface area contributed by atoms with Crippen LogP contribution in [0.25, 0.3) is 0 Å². The second kappa shape index (κ2) is 8.53. The molecule has 0 aliphatic rings. The zero-order valence-corrected chi connectivity index (χ0v) is 16.0. The normalized spacial score (nSPS) is 9.89. The molecule has 3 N–H and O–H groups in total. The number of carbonyl (C=O) groups is 2. The van der Waals surface area contributed by atoms with Crippen LogP contribution in [0.2, 0.25) is 5.02 Å². The van der Waals surface area contributed by atoms with Crippen molar-refractivity contribution >= 4 is 47.7 Å². The number of anilines is 2. The van der Waals surface area contributed by atoms with Crippen molar-refractivity contribution in [1.82, 2.24) is 0 Å². The van der Waals surface area contributed by atoms with Gasteiger partial charge in [-0.25, -0.2) is 9.10 Å². The van der Waals surface area contributed by atoms with Gasteiger partial charge in [0, 0.05) is 6.07 Å². The zero-order valence-electron chi connectivity index (χ0n) is 14.3.